The molecule has 1 atom stereocenters. The molecule has 3 heteroatoms. The van der Waals surface area contributed by atoms with E-state index in [4.69, 9.17) is 10.5 Å². The van der Waals surface area contributed by atoms with Crippen LogP contribution in [0.1, 0.15) is 24.5 Å². The Bertz CT molecular complexity index is 390. The van der Waals surface area contributed by atoms with E-state index < -0.39 is 5.60 Å². The average Bonchev–Trinajstić information content (AvgIpc) is 2.76. The fourth-order valence-electron chi connectivity index (χ4n) is 3.01. The van der Waals surface area contributed by atoms with Crippen molar-refractivity contribution >= 4 is 0 Å². The van der Waals surface area contributed by atoms with Gasteiger partial charge in [0.2, 0.25) is 0 Å². The van der Waals surface area contributed by atoms with Crippen molar-refractivity contribution in [3.63, 3.8) is 0 Å². The molecule has 1 aromatic rings. The second-order valence-electron chi connectivity index (χ2n) is 5.62. The molecule has 100 valence electrons. The Labute approximate surface area is 109 Å². The van der Waals surface area contributed by atoms with Crippen LogP contribution in [0.3, 0.4) is 0 Å². The number of aliphatic hydroxyl groups is 1. The summed E-state index contributed by atoms with van der Waals surface area (Å²) in [7, 11) is 1.66. The van der Waals surface area contributed by atoms with E-state index in [0.717, 1.165) is 12.8 Å². The van der Waals surface area contributed by atoms with Crippen molar-refractivity contribution in [1.29, 1.82) is 0 Å². The lowest BCUT2D eigenvalue weighted by Gasteiger charge is -2.42. The molecule has 2 rings (SSSR count). The molecule has 18 heavy (non-hydrogen) atoms. The molecule has 1 unspecified atom stereocenters. The average molecular weight is 249 g/mol. The van der Waals surface area contributed by atoms with Crippen LogP contribution in [0.15, 0.2) is 24.3 Å². The van der Waals surface area contributed by atoms with Gasteiger partial charge in [0.05, 0.1) is 5.60 Å². The van der Waals surface area contributed by atoms with Crippen molar-refractivity contribution in [2.75, 3.05) is 20.3 Å². The number of nitrogens with two attached hydrogens (primary N) is 1. The highest BCUT2D eigenvalue weighted by atomic mass is 16.5. The van der Waals surface area contributed by atoms with Crippen molar-refractivity contribution in [3.8, 4) is 0 Å². The van der Waals surface area contributed by atoms with Crippen LogP contribution in [0.5, 0.6) is 0 Å². The SMILES string of the molecule is COCCC(C)(O)C1(CN)Cc2ccccc2C1. The van der Waals surface area contributed by atoms with Gasteiger partial charge in [-0.3, -0.25) is 0 Å². The minimum atomic E-state index is -0.795. The predicted octanol–water partition coefficient (Wildman–Crippen LogP) is 1.52. The first-order valence-corrected chi connectivity index (χ1v) is 6.53. The number of hydrogen-bond acceptors (Lipinski definition) is 3. The molecule has 0 spiro atoms. The number of hydrogen-bond donors (Lipinski definition) is 2. The van der Waals surface area contributed by atoms with Crippen LogP contribution < -0.4 is 5.73 Å². The van der Waals surface area contributed by atoms with Crippen molar-refractivity contribution in [2.24, 2.45) is 11.1 Å². The lowest BCUT2D eigenvalue weighted by atomic mass is 9.69. The van der Waals surface area contributed by atoms with E-state index in [2.05, 4.69) is 24.3 Å². The third-order valence-electron chi connectivity index (χ3n) is 4.50. The van der Waals surface area contributed by atoms with Gasteiger partial charge in [0, 0.05) is 25.7 Å². The molecule has 1 aliphatic carbocycles. The van der Waals surface area contributed by atoms with Gasteiger partial charge in [0.15, 0.2) is 0 Å². The number of fused-ring (bicyclic) bond motifs is 1. The second kappa shape index (κ2) is 5.00. The summed E-state index contributed by atoms with van der Waals surface area (Å²) in [6.45, 7) is 2.95. The lowest BCUT2D eigenvalue weighted by Crippen LogP contribution is -2.52. The second-order valence-corrected chi connectivity index (χ2v) is 5.62. The molecular formula is C15H23NO2. The number of methoxy groups -OCH3 is 1. The largest absolute Gasteiger partial charge is 0.389 e. The Morgan fingerprint density at radius 2 is 1.89 bits per heavy atom. The molecule has 0 saturated heterocycles. The van der Waals surface area contributed by atoms with Gasteiger partial charge in [-0.25, -0.2) is 0 Å². The van der Waals surface area contributed by atoms with Gasteiger partial charge in [0.1, 0.15) is 0 Å². The quantitative estimate of drug-likeness (QED) is 0.832. The van der Waals surface area contributed by atoms with Crippen LogP contribution >= 0.6 is 0 Å². The highest BCUT2D eigenvalue weighted by Crippen LogP contribution is 2.45. The normalized spacial score (nSPS) is 20.4. The summed E-state index contributed by atoms with van der Waals surface area (Å²) in [5, 5.41) is 10.8. The van der Waals surface area contributed by atoms with E-state index in [-0.39, 0.29) is 5.41 Å². The van der Waals surface area contributed by atoms with E-state index in [1.54, 1.807) is 7.11 Å². The zero-order valence-corrected chi connectivity index (χ0v) is 11.3. The lowest BCUT2D eigenvalue weighted by molar-refractivity contribution is -0.0787. The Hall–Kier alpha value is -0.900. The van der Waals surface area contributed by atoms with E-state index >= 15 is 0 Å². The third-order valence-corrected chi connectivity index (χ3v) is 4.50. The molecule has 0 amide bonds. The van der Waals surface area contributed by atoms with Crippen LogP contribution in [0.4, 0.5) is 0 Å². The van der Waals surface area contributed by atoms with Gasteiger partial charge in [0.25, 0.3) is 0 Å². The molecule has 0 fully saturated rings. The molecule has 0 saturated carbocycles. The summed E-state index contributed by atoms with van der Waals surface area (Å²) in [5.41, 5.74) is 7.60. The van der Waals surface area contributed by atoms with E-state index in [0.29, 0.717) is 19.6 Å². The zero-order valence-electron chi connectivity index (χ0n) is 11.3. The Kier molecular flexibility index (Phi) is 3.76. The van der Waals surface area contributed by atoms with E-state index in [1.807, 2.05) is 6.92 Å². The molecular weight excluding hydrogens is 226 g/mol. The predicted molar refractivity (Wildman–Crippen MR) is 72.5 cm³/mol. The summed E-state index contributed by atoms with van der Waals surface area (Å²) in [4.78, 5) is 0. The van der Waals surface area contributed by atoms with Crippen LogP contribution in [-0.4, -0.2) is 31.0 Å². The molecule has 1 aromatic carbocycles. The van der Waals surface area contributed by atoms with E-state index in [1.165, 1.54) is 11.1 Å². The maximum Gasteiger partial charge on any atom is 0.0716 e. The first-order chi connectivity index (χ1) is 8.54. The summed E-state index contributed by atoms with van der Waals surface area (Å²) in [6.07, 6.45) is 2.33. The summed E-state index contributed by atoms with van der Waals surface area (Å²) in [6, 6.07) is 8.38. The van der Waals surface area contributed by atoms with Gasteiger partial charge in [-0.2, -0.15) is 0 Å². The molecule has 1 aliphatic rings. The third kappa shape index (κ3) is 2.18. The fourth-order valence-corrected chi connectivity index (χ4v) is 3.01. The number of rotatable bonds is 5. The minimum absolute atomic E-state index is 0.255. The van der Waals surface area contributed by atoms with Crippen molar-refractivity contribution < 1.29 is 9.84 Å². The molecule has 0 aromatic heterocycles. The van der Waals surface area contributed by atoms with Crippen LogP contribution in [0.25, 0.3) is 0 Å². The zero-order chi connectivity index (χ0) is 13.2. The van der Waals surface area contributed by atoms with Gasteiger partial charge in [-0.05, 0) is 37.3 Å². The first-order valence-electron chi connectivity index (χ1n) is 6.53. The maximum absolute atomic E-state index is 10.8. The highest BCUT2D eigenvalue weighted by molar-refractivity contribution is 5.36. The monoisotopic (exact) mass is 249 g/mol. The smallest absolute Gasteiger partial charge is 0.0716 e. The summed E-state index contributed by atoms with van der Waals surface area (Å²) < 4.78 is 5.10. The molecule has 0 heterocycles. The van der Waals surface area contributed by atoms with Crippen LogP contribution in [0.2, 0.25) is 0 Å². The van der Waals surface area contributed by atoms with Gasteiger partial charge in [-0.15, -0.1) is 0 Å². The summed E-state index contributed by atoms with van der Waals surface area (Å²) >= 11 is 0. The minimum Gasteiger partial charge on any atom is -0.389 e. The molecule has 3 nitrogen and oxygen atoms in total. The van der Waals surface area contributed by atoms with Crippen molar-refractivity contribution in [1.82, 2.24) is 0 Å². The highest BCUT2D eigenvalue weighted by Gasteiger charge is 2.49. The van der Waals surface area contributed by atoms with E-state index in [9.17, 15) is 5.11 Å². The molecule has 0 bridgehead atoms. The Balaban J connectivity index is 2.24. The Morgan fingerprint density at radius 3 is 2.33 bits per heavy atom. The van der Waals surface area contributed by atoms with Crippen molar-refractivity contribution in [2.45, 2.75) is 31.8 Å². The fraction of sp³-hybridized carbons (Fsp3) is 0.600. The molecule has 0 radical (unpaired) electrons. The van der Waals surface area contributed by atoms with Gasteiger partial charge < -0.3 is 15.6 Å². The van der Waals surface area contributed by atoms with Crippen LogP contribution in [-0.2, 0) is 17.6 Å². The Morgan fingerprint density at radius 1 is 1.33 bits per heavy atom. The number of ether oxygens (including phenoxy) is 1. The molecule has 3 N–H and O–H groups in total. The van der Waals surface area contributed by atoms with Crippen LogP contribution in [0, 0.1) is 5.41 Å². The summed E-state index contributed by atoms with van der Waals surface area (Å²) in [5.74, 6) is 0. The van der Waals surface area contributed by atoms with Gasteiger partial charge >= 0.3 is 0 Å². The van der Waals surface area contributed by atoms with Gasteiger partial charge in [-0.1, -0.05) is 24.3 Å². The number of benzene rings is 1. The topological polar surface area (TPSA) is 55.5 Å². The van der Waals surface area contributed by atoms with Crippen molar-refractivity contribution in [3.05, 3.63) is 35.4 Å². The molecule has 0 aliphatic heterocycles. The maximum atomic E-state index is 10.8. The first kappa shape index (κ1) is 13.5. The standard InChI is InChI=1S/C15H23NO2/c1-14(17,7-8-18-2)15(11-16)9-12-5-3-4-6-13(12)10-15/h3-6,17H,7-11,16H2,1-2H3.